The van der Waals surface area contributed by atoms with Gasteiger partial charge >= 0.3 is 0 Å². The van der Waals surface area contributed by atoms with Crippen LogP contribution in [0.4, 0.5) is 0 Å². The van der Waals surface area contributed by atoms with Gasteiger partial charge in [0.2, 0.25) is 0 Å². The molecule has 0 aliphatic carbocycles. The highest BCUT2D eigenvalue weighted by molar-refractivity contribution is 5.12. The maximum atomic E-state index is 5.48. The number of rotatable bonds is 6. The average Bonchev–Trinajstić information content (AvgIpc) is 2.90. The van der Waals surface area contributed by atoms with Crippen LogP contribution in [-0.2, 0) is 6.54 Å². The van der Waals surface area contributed by atoms with Crippen molar-refractivity contribution in [3.63, 3.8) is 0 Å². The molecular weight excluding hydrogens is 238 g/mol. The lowest BCUT2D eigenvalue weighted by atomic mass is 10.2. The van der Waals surface area contributed by atoms with Crippen LogP contribution >= 0.6 is 0 Å². The molecule has 1 N–H and O–H groups in total. The molecule has 2 aromatic heterocycles. The van der Waals surface area contributed by atoms with Gasteiger partial charge in [-0.1, -0.05) is 6.07 Å². The zero-order valence-corrected chi connectivity index (χ0v) is 11.8. The Morgan fingerprint density at radius 2 is 2.16 bits per heavy atom. The van der Waals surface area contributed by atoms with Gasteiger partial charge in [-0.2, -0.15) is 0 Å². The van der Waals surface area contributed by atoms with Crippen LogP contribution in [0.25, 0.3) is 0 Å². The lowest BCUT2D eigenvalue weighted by molar-refractivity contribution is 0.250. The van der Waals surface area contributed by atoms with Crippen molar-refractivity contribution in [3.8, 4) is 0 Å². The second-order valence-corrected chi connectivity index (χ2v) is 4.95. The first kappa shape index (κ1) is 13.8. The molecule has 2 rings (SSSR count). The Bertz CT molecular complexity index is 477. The molecule has 102 valence electrons. The van der Waals surface area contributed by atoms with E-state index in [1.54, 1.807) is 6.26 Å². The Morgan fingerprint density at radius 3 is 2.74 bits per heavy atom. The van der Waals surface area contributed by atoms with E-state index >= 15 is 0 Å². The summed E-state index contributed by atoms with van der Waals surface area (Å²) >= 11 is 0. The van der Waals surface area contributed by atoms with Gasteiger partial charge in [-0.05, 0) is 44.8 Å². The number of pyridine rings is 1. The summed E-state index contributed by atoms with van der Waals surface area (Å²) in [4.78, 5) is 6.53. The van der Waals surface area contributed by atoms with Crippen LogP contribution in [0, 0.1) is 6.92 Å². The number of nitrogens with one attached hydrogen (secondary N) is 1. The first-order valence-corrected chi connectivity index (χ1v) is 6.49. The van der Waals surface area contributed by atoms with Crippen LogP contribution in [0.1, 0.15) is 23.1 Å². The molecule has 0 saturated carbocycles. The number of aryl methyl sites for hydroxylation is 1. The summed E-state index contributed by atoms with van der Waals surface area (Å²) in [5, 5.41) is 3.43. The largest absolute Gasteiger partial charge is 0.468 e. The van der Waals surface area contributed by atoms with E-state index in [4.69, 9.17) is 4.42 Å². The average molecular weight is 259 g/mol. The standard InChI is InChI=1S/C15H21N3O/c1-12-6-7-13(17-9-12)10-16-11-14(18(2)3)15-5-4-8-19-15/h4-9,14,16H,10-11H2,1-3H3. The quantitative estimate of drug-likeness (QED) is 0.864. The maximum absolute atomic E-state index is 5.48. The number of furan rings is 1. The molecule has 0 aromatic carbocycles. The van der Waals surface area contributed by atoms with E-state index in [-0.39, 0.29) is 6.04 Å². The van der Waals surface area contributed by atoms with E-state index in [9.17, 15) is 0 Å². The van der Waals surface area contributed by atoms with Crippen molar-refractivity contribution in [2.75, 3.05) is 20.6 Å². The molecule has 0 fully saturated rings. The summed E-state index contributed by atoms with van der Waals surface area (Å²) in [7, 11) is 4.11. The highest BCUT2D eigenvalue weighted by Gasteiger charge is 2.16. The number of nitrogens with zero attached hydrogens (tertiary/aromatic N) is 2. The third-order valence-corrected chi connectivity index (χ3v) is 3.11. The highest BCUT2D eigenvalue weighted by atomic mass is 16.3. The van der Waals surface area contributed by atoms with Crippen molar-refractivity contribution in [2.45, 2.75) is 19.5 Å². The van der Waals surface area contributed by atoms with Gasteiger partial charge in [0.1, 0.15) is 5.76 Å². The van der Waals surface area contributed by atoms with Gasteiger partial charge in [-0.25, -0.2) is 0 Å². The predicted octanol–water partition coefficient (Wildman–Crippen LogP) is 2.38. The Kier molecular flexibility index (Phi) is 4.71. The topological polar surface area (TPSA) is 41.3 Å². The second-order valence-electron chi connectivity index (χ2n) is 4.95. The minimum atomic E-state index is 0.237. The maximum Gasteiger partial charge on any atom is 0.122 e. The van der Waals surface area contributed by atoms with E-state index in [0.29, 0.717) is 0 Å². The summed E-state index contributed by atoms with van der Waals surface area (Å²) in [5.41, 5.74) is 2.24. The number of aromatic nitrogens is 1. The lowest BCUT2D eigenvalue weighted by Gasteiger charge is -2.22. The summed E-state index contributed by atoms with van der Waals surface area (Å²) in [6.07, 6.45) is 3.61. The summed E-state index contributed by atoms with van der Waals surface area (Å²) in [6.45, 7) is 3.64. The first-order valence-electron chi connectivity index (χ1n) is 6.49. The zero-order chi connectivity index (χ0) is 13.7. The van der Waals surface area contributed by atoms with Crippen molar-refractivity contribution in [3.05, 3.63) is 53.7 Å². The third-order valence-electron chi connectivity index (χ3n) is 3.11. The van der Waals surface area contributed by atoms with Gasteiger partial charge in [-0.15, -0.1) is 0 Å². The Labute approximate surface area is 114 Å². The monoisotopic (exact) mass is 259 g/mol. The van der Waals surface area contributed by atoms with Gasteiger partial charge < -0.3 is 9.73 Å². The molecule has 1 unspecified atom stereocenters. The molecule has 4 heteroatoms. The lowest BCUT2D eigenvalue weighted by Crippen LogP contribution is -2.30. The number of likely N-dealkylation sites (N-methyl/N-ethyl adjacent to an activating group) is 1. The highest BCUT2D eigenvalue weighted by Crippen LogP contribution is 2.17. The second kappa shape index (κ2) is 6.50. The Balaban J connectivity index is 1.88. The molecule has 0 spiro atoms. The van der Waals surface area contributed by atoms with Crippen LogP contribution in [0.2, 0.25) is 0 Å². The SMILES string of the molecule is Cc1ccc(CNCC(c2ccco2)N(C)C)nc1. The van der Waals surface area contributed by atoms with Gasteiger partial charge in [0.25, 0.3) is 0 Å². The third kappa shape index (κ3) is 3.91. The van der Waals surface area contributed by atoms with E-state index in [1.165, 1.54) is 5.56 Å². The van der Waals surface area contributed by atoms with E-state index in [2.05, 4.69) is 41.4 Å². The summed E-state index contributed by atoms with van der Waals surface area (Å²) < 4.78 is 5.48. The first-order chi connectivity index (χ1) is 9.16. The molecule has 0 aliphatic rings. The summed E-state index contributed by atoms with van der Waals surface area (Å²) in [5.74, 6) is 0.981. The molecule has 2 heterocycles. The summed E-state index contributed by atoms with van der Waals surface area (Å²) in [6, 6.07) is 8.31. The molecule has 0 amide bonds. The van der Waals surface area contributed by atoms with Gasteiger partial charge in [0, 0.05) is 19.3 Å². The van der Waals surface area contributed by atoms with Crippen molar-refractivity contribution in [1.82, 2.24) is 15.2 Å². The fourth-order valence-electron chi connectivity index (χ4n) is 1.96. The molecular formula is C15H21N3O. The number of hydrogen-bond donors (Lipinski definition) is 1. The van der Waals surface area contributed by atoms with E-state index in [1.807, 2.05) is 25.3 Å². The van der Waals surface area contributed by atoms with Crippen LogP contribution in [0.5, 0.6) is 0 Å². The Morgan fingerprint density at radius 1 is 1.32 bits per heavy atom. The smallest absolute Gasteiger partial charge is 0.122 e. The van der Waals surface area contributed by atoms with Gasteiger partial charge in [0.05, 0.1) is 18.0 Å². The van der Waals surface area contributed by atoms with Crippen LogP contribution in [0.3, 0.4) is 0 Å². The molecule has 0 radical (unpaired) electrons. The zero-order valence-electron chi connectivity index (χ0n) is 11.8. The van der Waals surface area contributed by atoms with Crippen LogP contribution in [0.15, 0.2) is 41.1 Å². The van der Waals surface area contributed by atoms with Crippen LogP contribution < -0.4 is 5.32 Å². The van der Waals surface area contributed by atoms with Gasteiger partial charge in [0.15, 0.2) is 0 Å². The van der Waals surface area contributed by atoms with E-state index in [0.717, 1.165) is 24.5 Å². The molecule has 0 aliphatic heterocycles. The van der Waals surface area contributed by atoms with Crippen LogP contribution in [-0.4, -0.2) is 30.5 Å². The Hall–Kier alpha value is -1.65. The molecule has 4 nitrogen and oxygen atoms in total. The predicted molar refractivity (Wildman–Crippen MR) is 75.8 cm³/mol. The molecule has 19 heavy (non-hydrogen) atoms. The van der Waals surface area contributed by atoms with Crippen molar-refractivity contribution >= 4 is 0 Å². The minimum absolute atomic E-state index is 0.237. The van der Waals surface area contributed by atoms with Crippen molar-refractivity contribution in [2.24, 2.45) is 0 Å². The van der Waals surface area contributed by atoms with Crippen molar-refractivity contribution in [1.29, 1.82) is 0 Å². The fraction of sp³-hybridized carbons (Fsp3) is 0.400. The molecule has 0 bridgehead atoms. The molecule has 0 saturated heterocycles. The van der Waals surface area contributed by atoms with Gasteiger partial charge in [-0.3, -0.25) is 9.88 Å². The minimum Gasteiger partial charge on any atom is -0.468 e. The molecule has 2 aromatic rings. The fourth-order valence-corrected chi connectivity index (χ4v) is 1.96. The van der Waals surface area contributed by atoms with Crippen molar-refractivity contribution < 1.29 is 4.42 Å². The van der Waals surface area contributed by atoms with E-state index < -0.39 is 0 Å². The normalized spacial score (nSPS) is 12.8. The molecule has 1 atom stereocenters. The number of hydrogen-bond acceptors (Lipinski definition) is 4.